The van der Waals surface area contributed by atoms with Gasteiger partial charge in [0, 0.05) is 25.5 Å². The maximum Gasteiger partial charge on any atom is 0.511 e. The minimum absolute atomic E-state index is 0.0221. The number of benzene rings is 3. The largest absolute Gasteiger partial charge is 0.511 e. The summed E-state index contributed by atoms with van der Waals surface area (Å²) in [6.07, 6.45) is -1.82. The van der Waals surface area contributed by atoms with Crippen molar-refractivity contribution in [3.8, 4) is 22.5 Å². The number of hydrogen-bond acceptors (Lipinski definition) is 16. The van der Waals surface area contributed by atoms with E-state index in [0.717, 1.165) is 34.3 Å². The third-order valence-corrected chi connectivity index (χ3v) is 8.50. The summed E-state index contributed by atoms with van der Waals surface area (Å²) in [5.41, 5.74) is 4.44. The standard InChI is InChI=1S/C38H42ClN7O11/c1-5-7-15-32-40-34(39)33(36(47)56-25(4)57-37(48)52-6-2)44(32)21-26-16-18-29(19-17-26)30-13-8-9-14-31(30)35-41-43-45(42-35)24(3)55-38(49)53-22-27-11-10-12-28(20-27)23-54-46(50)51/h8-14,16-20,24-25,50-51H,5-7,15,21-23H2,1-4H3. The number of aromatic nitrogens is 6. The summed E-state index contributed by atoms with van der Waals surface area (Å²) in [4.78, 5) is 47.7. The Morgan fingerprint density at radius 3 is 2.25 bits per heavy atom. The smallest absolute Gasteiger partial charge is 0.435 e. The van der Waals surface area contributed by atoms with Gasteiger partial charge in [-0.25, -0.2) is 24.2 Å². The van der Waals surface area contributed by atoms with Crippen molar-refractivity contribution in [2.75, 3.05) is 6.61 Å². The highest BCUT2D eigenvalue weighted by Gasteiger charge is 2.26. The number of tetrazole rings is 1. The van der Waals surface area contributed by atoms with Crippen molar-refractivity contribution in [3.05, 3.63) is 106 Å². The normalized spacial score (nSPS) is 12.2. The van der Waals surface area contributed by atoms with Crippen LogP contribution in [0.25, 0.3) is 22.5 Å². The highest BCUT2D eigenvalue weighted by Crippen LogP contribution is 2.31. The second-order valence-electron chi connectivity index (χ2n) is 12.4. The predicted molar refractivity (Wildman–Crippen MR) is 199 cm³/mol. The van der Waals surface area contributed by atoms with Crippen molar-refractivity contribution in [1.29, 1.82) is 0 Å². The van der Waals surface area contributed by atoms with Gasteiger partial charge < -0.3 is 28.3 Å². The predicted octanol–water partition coefficient (Wildman–Crippen LogP) is 7.31. The number of halogens is 1. The van der Waals surface area contributed by atoms with E-state index in [1.165, 1.54) is 6.92 Å². The molecule has 0 aliphatic rings. The first-order valence-electron chi connectivity index (χ1n) is 17.9. The van der Waals surface area contributed by atoms with Crippen molar-refractivity contribution in [2.45, 2.75) is 79.2 Å². The molecule has 2 atom stereocenters. The Hall–Kier alpha value is -5.92. The van der Waals surface area contributed by atoms with Gasteiger partial charge in [0.2, 0.25) is 18.3 Å². The minimum atomic E-state index is -1.23. The minimum Gasteiger partial charge on any atom is -0.435 e. The average molecular weight is 808 g/mol. The molecule has 18 nitrogen and oxygen atoms in total. The van der Waals surface area contributed by atoms with E-state index in [-0.39, 0.29) is 42.6 Å². The Labute approximate surface area is 332 Å². The molecule has 5 aromatic rings. The molecule has 302 valence electrons. The fourth-order valence-electron chi connectivity index (χ4n) is 5.57. The fourth-order valence-corrected chi connectivity index (χ4v) is 5.85. The number of ether oxygens (including phenoxy) is 5. The first-order valence-corrected chi connectivity index (χ1v) is 18.3. The van der Waals surface area contributed by atoms with E-state index in [9.17, 15) is 14.4 Å². The van der Waals surface area contributed by atoms with Gasteiger partial charge in [0.25, 0.3) is 0 Å². The van der Waals surface area contributed by atoms with E-state index >= 15 is 0 Å². The first kappa shape index (κ1) is 42.2. The topological polar surface area (TPSA) is 212 Å². The van der Waals surface area contributed by atoms with Crippen LogP contribution in [0, 0.1) is 0 Å². The molecule has 2 aromatic heterocycles. The molecular formula is C38H42ClN7O11. The summed E-state index contributed by atoms with van der Waals surface area (Å²) >= 11 is 6.48. The van der Waals surface area contributed by atoms with Gasteiger partial charge in [-0.2, -0.15) is 0 Å². The summed E-state index contributed by atoms with van der Waals surface area (Å²) in [6.45, 7) is 6.77. The summed E-state index contributed by atoms with van der Waals surface area (Å²) < 4.78 is 27.4. The molecule has 0 fully saturated rings. The van der Waals surface area contributed by atoms with E-state index in [2.05, 4.69) is 25.2 Å². The highest BCUT2D eigenvalue weighted by atomic mass is 35.5. The van der Waals surface area contributed by atoms with Crippen LogP contribution in [-0.4, -0.2) is 76.7 Å². The third kappa shape index (κ3) is 11.8. The maximum absolute atomic E-state index is 13.3. The van der Waals surface area contributed by atoms with E-state index in [1.807, 2.05) is 55.5 Å². The molecular weight excluding hydrogens is 766 g/mol. The van der Waals surface area contributed by atoms with Crippen molar-refractivity contribution >= 4 is 29.9 Å². The van der Waals surface area contributed by atoms with Crippen molar-refractivity contribution < 1.29 is 53.3 Å². The highest BCUT2D eigenvalue weighted by molar-refractivity contribution is 6.32. The van der Waals surface area contributed by atoms with Gasteiger partial charge in [0.15, 0.2) is 10.8 Å². The van der Waals surface area contributed by atoms with Gasteiger partial charge in [-0.05, 0) is 53.3 Å². The molecule has 19 heteroatoms. The van der Waals surface area contributed by atoms with Crippen LogP contribution in [-0.2, 0) is 54.7 Å². The van der Waals surface area contributed by atoms with E-state index < -0.39 is 30.8 Å². The van der Waals surface area contributed by atoms with Crippen LogP contribution in [0.3, 0.4) is 0 Å². The molecule has 3 aromatic carbocycles. The number of hydrogen-bond donors (Lipinski definition) is 2. The van der Waals surface area contributed by atoms with Crippen molar-refractivity contribution in [3.63, 3.8) is 0 Å². The quantitative estimate of drug-likeness (QED) is 0.0384. The Bertz CT molecular complexity index is 2120. The zero-order valence-electron chi connectivity index (χ0n) is 31.6. The van der Waals surface area contributed by atoms with E-state index in [0.29, 0.717) is 34.8 Å². The molecule has 2 heterocycles. The molecule has 0 radical (unpaired) electrons. The van der Waals surface area contributed by atoms with Crippen LogP contribution in [0.4, 0.5) is 9.59 Å². The van der Waals surface area contributed by atoms with Crippen LogP contribution < -0.4 is 0 Å². The molecule has 0 aliphatic carbocycles. The zero-order chi connectivity index (χ0) is 40.9. The molecule has 2 unspecified atom stereocenters. The van der Waals surface area contributed by atoms with Gasteiger partial charge in [-0.15, -0.1) is 15.0 Å². The number of carbonyl (C=O) groups excluding carboxylic acids is 3. The lowest BCUT2D eigenvalue weighted by Crippen LogP contribution is -2.24. The molecule has 2 N–H and O–H groups in total. The van der Waals surface area contributed by atoms with E-state index in [4.69, 9.17) is 45.7 Å². The van der Waals surface area contributed by atoms with Crippen molar-refractivity contribution in [1.82, 2.24) is 35.1 Å². The van der Waals surface area contributed by atoms with E-state index in [1.54, 1.807) is 42.7 Å². The fraction of sp³-hybridized carbons (Fsp3) is 0.342. The summed E-state index contributed by atoms with van der Waals surface area (Å²) in [7, 11) is 0. The Kier molecular flexibility index (Phi) is 15.0. The van der Waals surface area contributed by atoms with Gasteiger partial charge in [-0.3, -0.25) is 10.4 Å². The third-order valence-electron chi connectivity index (χ3n) is 8.24. The molecule has 0 saturated carbocycles. The van der Waals surface area contributed by atoms with Crippen LogP contribution in [0.15, 0.2) is 72.8 Å². The summed E-state index contributed by atoms with van der Waals surface area (Å²) in [6, 6.07) is 22.0. The second kappa shape index (κ2) is 20.3. The number of nitrogens with zero attached hydrogens (tertiary/aromatic N) is 7. The summed E-state index contributed by atoms with van der Waals surface area (Å²) in [5, 5.41) is 29.9. The Morgan fingerprint density at radius 1 is 0.842 bits per heavy atom. The maximum atomic E-state index is 13.3. The molecule has 0 bridgehead atoms. The van der Waals surface area contributed by atoms with Gasteiger partial charge in [0.05, 0.1) is 18.6 Å². The Morgan fingerprint density at radius 2 is 1.54 bits per heavy atom. The zero-order valence-corrected chi connectivity index (χ0v) is 32.4. The van der Waals surface area contributed by atoms with Crippen LogP contribution >= 0.6 is 11.6 Å². The molecule has 5 rings (SSSR count). The monoisotopic (exact) mass is 807 g/mol. The first-order chi connectivity index (χ1) is 27.4. The number of esters is 1. The number of aryl methyl sites for hydroxylation is 1. The lowest BCUT2D eigenvalue weighted by Gasteiger charge is -2.16. The molecule has 57 heavy (non-hydrogen) atoms. The number of unbranched alkanes of at least 4 members (excludes halogenated alkanes) is 1. The molecule has 0 amide bonds. The van der Waals surface area contributed by atoms with Crippen LogP contribution in [0.5, 0.6) is 0 Å². The molecule has 0 spiro atoms. The average Bonchev–Trinajstić information content (AvgIpc) is 3.80. The van der Waals surface area contributed by atoms with Gasteiger partial charge in [0.1, 0.15) is 12.4 Å². The number of imidazole rings is 1. The van der Waals surface area contributed by atoms with Gasteiger partial charge in [-0.1, -0.05) is 97.7 Å². The van der Waals surface area contributed by atoms with Crippen LogP contribution in [0.1, 0.15) is 79.8 Å². The second-order valence-corrected chi connectivity index (χ2v) is 12.8. The molecule has 0 saturated heterocycles. The molecule has 0 aliphatic heterocycles. The lowest BCUT2D eigenvalue weighted by molar-refractivity contribution is -0.497. The Balaban J connectivity index is 1.26. The van der Waals surface area contributed by atoms with Crippen molar-refractivity contribution in [2.24, 2.45) is 0 Å². The van der Waals surface area contributed by atoms with Gasteiger partial charge >= 0.3 is 18.3 Å². The number of carbonyl (C=O) groups is 3. The summed E-state index contributed by atoms with van der Waals surface area (Å²) in [5.74, 6) is 0.0999. The van der Waals surface area contributed by atoms with Crippen LogP contribution in [0.2, 0.25) is 5.15 Å². The number of rotatable bonds is 18. The SMILES string of the molecule is CCCCc1nc(Cl)c(C(=O)OC(C)OC(=O)OCC)n1Cc1ccc(-c2ccccc2-c2nnn(C(C)OC(=O)OCc3cccc(CON(O)O)c3)n2)cc1. The lowest BCUT2D eigenvalue weighted by atomic mass is 9.98.